The van der Waals surface area contributed by atoms with Gasteiger partial charge in [-0.05, 0) is 31.5 Å². The minimum absolute atomic E-state index is 0.0982. The van der Waals surface area contributed by atoms with Gasteiger partial charge in [0.15, 0.2) is 4.34 Å². The van der Waals surface area contributed by atoms with Gasteiger partial charge in [0, 0.05) is 18.0 Å². The number of aromatic nitrogens is 2. The average Bonchev–Trinajstić information content (AvgIpc) is 2.91. The SMILES string of the molecule is CCS(=O)(=O)NCCSc1nnc(Nc2cccc(C)c2)s1. The van der Waals surface area contributed by atoms with Crippen molar-refractivity contribution in [3.05, 3.63) is 29.8 Å². The van der Waals surface area contributed by atoms with Crippen molar-refractivity contribution in [2.45, 2.75) is 18.2 Å². The van der Waals surface area contributed by atoms with Crippen molar-refractivity contribution in [2.24, 2.45) is 0 Å². The summed E-state index contributed by atoms with van der Waals surface area (Å²) >= 11 is 2.93. The number of nitrogens with one attached hydrogen (secondary N) is 2. The highest BCUT2D eigenvalue weighted by Crippen LogP contribution is 2.27. The molecule has 0 unspecified atom stereocenters. The van der Waals surface area contributed by atoms with Crippen LogP contribution in [-0.4, -0.2) is 36.7 Å². The van der Waals surface area contributed by atoms with E-state index in [4.69, 9.17) is 0 Å². The van der Waals surface area contributed by atoms with E-state index in [0.29, 0.717) is 12.3 Å². The van der Waals surface area contributed by atoms with E-state index in [1.165, 1.54) is 28.7 Å². The fourth-order valence-electron chi connectivity index (χ4n) is 1.60. The number of aryl methyl sites for hydroxylation is 1. The van der Waals surface area contributed by atoms with E-state index in [1.807, 2.05) is 31.2 Å². The molecule has 0 atom stereocenters. The highest BCUT2D eigenvalue weighted by atomic mass is 32.2. The van der Waals surface area contributed by atoms with E-state index in [-0.39, 0.29) is 5.75 Å². The Morgan fingerprint density at radius 3 is 2.86 bits per heavy atom. The number of hydrogen-bond donors (Lipinski definition) is 2. The second-order valence-electron chi connectivity index (χ2n) is 4.51. The van der Waals surface area contributed by atoms with Crippen LogP contribution >= 0.6 is 23.1 Å². The van der Waals surface area contributed by atoms with Gasteiger partial charge in [-0.2, -0.15) is 0 Å². The van der Waals surface area contributed by atoms with E-state index in [0.717, 1.165) is 15.2 Å². The van der Waals surface area contributed by atoms with Crippen molar-refractivity contribution in [3.63, 3.8) is 0 Å². The number of thioether (sulfide) groups is 1. The normalized spacial score (nSPS) is 11.5. The van der Waals surface area contributed by atoms with Gasteiger partial charge >= 0.3 is 0 Å². The molecule has 120 valence electrons. The maximum Gasteiger partial charge on any atom is 0.211 e. The first kappa shape index (κ1) is 17.2. The number of nitrogens with zero attached hydrogens (tertiary/aromatic N) is 2. The Labute approximate surface area is 138 Å². The predicted octanol–water partition coefficient (Wildman–Crippen LogP) is 2.62. The van der Waals surface area contributed by atoms with Crippen molar-refractivity contribution in [2.75, 3.05) is 23.4 Å². The predicted molar refractivity (Wildman–Crippen MR) is 92.6 cm³/mol. The molecule has 1 heterocycles. The van der Waals surface area contributed by atoms with Crippen molar-refractivity contribution in [1.82, 2.24) is 14.9 Å². The molecule has 0 fully saturated rings. The number of hydrogen-bond acceptors (Lipinski definition) is 7. The topological polar surface area (TPSA) is 84.0 Å². The molecule has 0 aliphatic rings. The van der Waals surface area contributed by atoms with Crippen molar-refractivity contribution < 1.29 is 8.42 Å². The van der Waals surface area contributed by atoms with Crippen LogP contribution in [0.25, 0.3) is 0 Å². The number of sulfonamides is 1. The van der Waals surface area contributed by atoms with Gasteiger partial charge in [-0.15, -0.1) is 10.2 Å². The molecule has 2 N–H and O–H groups in total. The third-order valence-corrected chi connectivity index (χ3v) is 6.08. The molecule has 0 aliphatic heterocycles. The summed E-state index contributed by atoms with van der Waals surface area (Å²) in [4.78, 5) is 0. The van der Waals surface area contributed by atoms with E-state index in [2.05, 4.69) is 20.2 Å². The lowest BCUT2D eigenvalue weighted by atomic mass is 10.2. The summed E-state index contributed by atoms with van der Waals surface area (Å²) in [7, 11) is -3.12. The lowest BCUT2D eigenvalue weighted by Crippen LogP contribution is -2.27. The van der Waals surface area contributed by atoms with Crippen LogP contribution in [0.2, 0.25) is 0 Å². The average molecular weight is 359 g/mol. The van der Waals surface area contributed by atoms with Crippen LogP contribution in [0.1, 0.15) is 12.5 Å². The molecule has 22 heavy (non-hydrogen) atoms. The lowest BCUT2D eigenvalue weighted by Gasteiger charge is -2.02. The maximum absolute atomic E-state index is 11.3. The Morgan fingerprint density at radius 1 is 1.32 bits per heavy atom. The minimum atomic E-state index is -3.12. The first-order chi connectivity index (χ1) is 10.5. The molecular formula is C13H18N4O2S3. The van der Waals surface area contributed by atoms with Crippen LogP contribution in [0.4, 0.5) is 10.8 Å². The smallest absolute Gasteiger partial charge is 0.211 e. The van der Waals surface area contributed by atoms with Crippen molar-refractivity contribution in [1.29, 1.82) is 0 Å². The maximum atomic E-state index is 11.3. The first-order valence-corrected chi connectivity index (χ1v) is 10.2. The molecule has 9 heteroatoms. The Bertz CT molecular complexity index is 716. The second-order valence-corrected chi connectivity index (χ2v) is 8.93. The van der Waals surface area contributed by atoms with Crippen LogP contribution in [0, 0.1) is 6.92 Å². The largest absolute Gasteiger partial charge is 0.330 e. The van der Waals surface area contributed by atoms with Gasteiger partial charge in [-0.25, -0.2) is 13.1 Å². The Morgan fingerprint density at radius 2 is 2.14 bits per heavy atom. The summed E-state index contributed by atoms with van der Waals surface area (Å²) in [5, 5.41) is 12.1. The highest BCUT2D eigenvalue weighted by Gasteiger charge is 2.07. The molecular weight excluding hydrogens is 340 g/mol. The van der Waals surface area contributed by atoms with Crippen LogP contribution in [0.15, 0.2) is 28.6 Å². The van der Waals surface area contributed by atoms with E-state index in [9.17, 15) is 8.42 Å². The summed E-state index contributed by atoms with van der Waals surface area (Å²) < 4.78 is 25.9. The molecule has 1 aromatic heterocycles. The molecule has 0 bridgehead atoms. The molecule has 0 radical (unpaired) electrons. The summed E-state index contributed by atoms with van der Waals surface area (Å²) in [6.45, 7) is 4.04. The van der Waals surface area contributed by atoms with E-state index in [1.54, 1.807) is 6.92 Å². The zero-order valence-electron chi connectivity index (χ0n) is 12.4. The van der Waals surface area contributed by atoms with Crippen LogP contribution in [0.5, 0.6) is 0 Å². The number of benzene rings is 1. The first-order valence-electron chi connectivity index (χ1n) is 6.76. The summed E-state index contributed by atoms with van der Waals surface area (Å²) in [5.41, 5.74) is 2.15. The monoisotopic (exact) mass is 358 g/mol. The Balaban J connectivity index is 1.82. The molecule has 2 aromatic rings. The van der Waals surface area contributed by atoms with Gasteiger partial charge in [-0.1, -0.05) is 35.2 Å². The van der Waals surface area contributed by atoms with Gasteiger partial charge in [0.1, 0.15) is 0 Å². The van der Waals surface area contributed by atoms with Gasteiger partial charge in [0.25, 0.3) is 0 Å². The third-order valence-electron chi connectivity index (χ3n) is 2.71. The minimum Gasteiger partial charge on any atom is -0.330 e. The molecule has 0 aliphatic carbocycles. The standard InChI is InChI=1S/C13H18N4O2S3/c1-3-22(18,19)14-7-8-20-13-17-16-12(21-13)15-11-6-4-5-10(2)9-11/h4-6,9,14H,3,7-8H2,1-2H3,(H,15,16). The summed E-state index contributed by atoms with van der Waals surface area (Å²) in [5.74, 6) is 0.722. The molecule has 0 spiro atoms. The molecule has 0 amide bonds. The van der Waals surface area contributed by atoms with Crippen LogP contribution in [-0.2, 0) is 10.0 Å². The Hall–Kier alpha value is -1.16. The van der Waals surface area contributed by atoms with Crippen molar-refractivity contribution >= 4 is 43.9 Å². The quantitative estimate of drug-likeness (QED) is 0.557. The molecule has 2 rings (SSSR count). The fourth-order valence-corrected chi connectivity index (χ4v) is 4.05. The van der Waals surface area contributed by atoms with Crippen LogP contribution in [0.3, 0.4) is 0 Å². The molecule has 0 saturated carbocycles. The summed E-state index contributed by atoms with van der Waals surface area (Å²) in [6, 6.07) is 8.02. The zero-order valence-corrected chi connectivity index (χ0v) is 14.8. The molecule has 1 aromatic carbocycles. The summed E-state index contributed by atoms with van der Waals surface area (Å²) in [6.07, 6.45) is 0. The van der Waals surface area contributed by atoms with Gasteiger partial charge in [0.2, 0.25) is 15.2 Å². The number of anilines is 2. The zero-order chi connectivity index (χ0) is 16.0. The Kier molecular flexibility index (Phi) is 6.18. The molecule has 6 nitrogen and oxygen atoms in total. The number of rotatable bonds is 8. The van der Waals surface area contributed by atoms with Crippen LogP contribution < -0.4 is 10.0 Å². The fraction of sp³-hybridized carbons (Fsp3) is 0.385. The van der Waals surface area contributed by atoms with E-state index < -0.39 is 10.0 Å². The highest BCUT2D eigenvalue weighted by molar-refractivity contribution is 8.01. The van der Waals surface area contributed by atoms with Gasteiger partial charge in [0.05, 0.1) is 5.75 Å². The van der Waals surface area contributed by atoms with Gasteiger partial charge in [-0.3, -0.25) is 0 Å². The molecule has 0 saturated heterocycles. The third kappa shape index (κ3) is 5.56. The van der Waals surface area contributed by atoms with E-state index >= 15 is 0 Å². The van der Waals surface area contributed by atoms with Gasteiger partial charge < -0.3 is 5.32 Å². The lowest BCUT2D eigenvalue weighted by molar-refractivity contribution is 0.585. The second kappa shape index (κ2) is 7.91. The van der Waals surface area contributed by atoms with Crippen molar-refractivity contribution in [3.8, 4) is 0 Å².